The largest absolute Gasteiger partial charge is 0.669 e. The van der Waals surface area contributed by atoms with Crippen molar-refractivity contribution in [3.05, 3.63) is 71.3 Å². The first-order valence-electron chi connectivity index (χ1n) is 5.89. The van der Waals surface area contributed by atoms with E-state index in [1.165, 1.54) is 5.48 Å². The Morgan fingerprint density at radius 3 is 2.39 bits per heavy atom. The van der Waals surface area contributed by atoms with Gasteiger partial charge in [0.15, 0.2) is 6.54 Å². The monoisotopic (exact) mass is 242 g/mol. The highest BCUT2D eigenvalue weighted by molar-refractivity contribution is 5.88. The first kappa shape index (κ1) is 12.3. The zero-order valence-corrected chi connectivity index (χ0v) is 10.3. The van der Waals surface area contributed by atoms with E-state index in [1.807, 2.05) is 49.4 Å². The molecule has 0 aliphatic carbocycles. The van der Waals surface area contributed by atoms with Crippen LogP contribution in [0.3, 0.4) is 0 Å². The van der Waals surface area contributed by atoms with Crippen molar-refractivity contribution in [1.29, 1.82) is 0 Å². The fraction of sp³-hybridized carbons (Fsp3) is 0.133. The van der Waals surface area contributed by atoms with Gasteiger partial charge < -0.3 is 0 Å². The van der Waals surface area contributed by atoms with Gasteiger partial charge in [-0.3, -0.25) is 0 Å². The second-order valence-electron chi connectivity index (χ2n) is 4.13. The van der Waals surface area contributed by atoms with Gasteiger partial charge in [0, 0.05) is 5.56 Å². The lowest BCUT2D eigenvalue weighted by atomic mass is 10.2. The van der Waals surface area contributed by atoms with Gasteiger partial charge in [0.1, 0.15) is 5.56 Å². The Hall–Kier alpha value is -2.13. The number of hydroxylamine groups is 1. The van der Waals surface area contributed by atoms with Gasteiger partial charge in [-0.15, -0.1) is 0 Å². The van der Waals surface area contributed by atoms with E-state index < -0.39 is 0 Å². The summed E-state index contributed by atoms with van der Waals surface area (Å²) in [5, 5.41) is 0. The minimum Gasteiger partial charge on any atom is -0.0835 e. The molecule has 0 unspecified atom stereocenters. The van der Waals surface area contributed by atoms with Crippen molar-refractivity contribution in [3.8, 4) is 0 Å². The van der Waals surface area contributed by atoms with Gasteiger partial charge >= 0.3 is 5.97 Å². The average molecular weight is 242 g/mol. The summed E-state index contributed by atoms with van der Waals surface area (Å²) in [7, 11) is 0. The number of hydrogen-bond acceptors (Lipinski definition) is 2. The standard InChI is InChI=1S/C15H15NO2/c1-12-7-9-14(10-8-12)15(17)18-16-11-13-5-3-2-4-6-13/h2-10,16H,11H2,1H3/q+1/p+1. The lowest BCUT2D eigenvalue weighted by molar-refractivity contribution is -0.883. The summed E-state index contributed by atoms with van der Waals surface area (Å²) < 4.78 is 0. The minimum absolute atomic E-state index is 0.314. The number of nitrogens with two attached hydrogens (primary N) is 1. The molecular weight excluding hydrogens is 226 g/mol. The van der Waals surface area contributed by atoms with Crippen molar-refractivity contribution >= 4 is 5.97 Å². The van der Waals surface area contributed by atoms with Crippen molar-refractivity contribution in [2.75, 3.05) is 0 Å². The molecule has 0 amide bonds. The second kappa shape index (κ2) is 5.98. The van der Waals surface area contributed by atoms with Crippen LogP contribution >= 0.6 is 0 Å². The summed E-state index contributed by atoms with van der Waals surface area (Å²) >= 11 is 0. The SMILES string of the molecule is Cc1ccc(C(=[O+])O[NH2+]Cc2ccccc2)cc1. The molecule has 0 atom stereocenters. The number of aryl methyl sites for hydroxylation is 1. The first-order chi connectivity index (χ1) is 8.75. The zero-order chi connectivity index (χ0) is 12.8. The van der Waals surface area contributed by atoms with Crippen LogP contribution in [0.1, 0.15) is 21.5 Å². The Bertz CT molecular complexity index is 506. The quantitative estimate of drug-likeness (QED) is 0.656. The molecule has 0 aliphatic heterocycles. The third-order valence-electron chi connectivity index (χ3n) is 2.64. The number of carbonyl (C=O) groups excluding carboxylic acids is 1. The highest BCUT2D eigenvalue weighted by atomic mass is 16.7. The van der Waals surface area contributed by atoms with Crippen molar-refractivity contribution in [2.45, 2.75) is 13.5 Å². The van der Waals surface area contributed by atoms with Gasteiger partial charge in [0.25, 0.3) is 0 Å². The van der Waals surface area contributed by atoms with Crippen LogP contribution in [-0.4, -0.2) is 5.97 Å². The highest BCUT2D eigenvalue weighted by Crippen LogP contribution is 2.03. The van der Waals surface area contributed by atoms with Gasteiger partial charge in [0.05, 0.1) is 4.79 Å². The average Bonchev–Trinajstić information content (AvgIpc) is 2.40. The van der Waals surface area contributed by atoms with E-state index in [2.05, 4.69) is 0 Å². The number of carbonyl (C=O) groups is 1. The van der Waals surface area contributed by atoms with Gasteiger partial charge in [0.2, 0.25) is 0 Å². The number of hydrogen-bond donors (Lipinski definition) is 1. The van der Waals surface area contributed by atoms with E-state index in [9.17, 15) is 4.79 Å². The molecule has 3 nitrogen and oxygen atoms in total. The summed E-state index contributed by atoms with van der Waals surface area (Å²) in [6, 6.07) is 17.2. The molecule has 1 radical (unpaired) electrons. The molecule has 0 fully saturated rings. The fourth-order valence-corrected chi connectivity index (χ4v) is 1.59. The summed E-state index contributed by atoms with van der Waals surface area (Å²) in [5.41, 5.74) is 4.36. The minimum atomic E-state index is -0.314. The van der Waals surface area contributed by atoms with E-state index in [0.29, 0.717) is 12.1 Å². The van der Waals surface area contributed by atoms with Crippen LogP contribution in [0.5, 0.6) is 0 Å². The van der Waals surface area contributed by atoms with Crippen LogP contribution in [0, 0.1) is 6.92 Å². The van der Waals surface area contributed by atoms with Crippen molar-refractivity contribution < 1.29 is 15.1 Å². The number of quaternary nitrogens is 1. The molecule has 0 aliphatic rings. The molecule has 2 aromatic carbocycles. The molecule has 18 heavy (non-hydrogen) atoms. The molecule has 0 spiro atoms. The van der Waals surface area contributed by atoms with Crippen LogP contribution < -0.4 is 5.48 Å². The molecule has 0 saturated carbocycles. The maximum Gasteiger partial charge on any atom is 0.669 e. The molecule has 2 N–H and O–H groups in total. The topological polar surface area (TPSA) is 45.7 Å². The molecular formula is C15H16NO2+2. The molecule has 3 heteroatoms. The van der Waals surface area contributed by atoms with Crippen LogP contribution in [0.25, 0.3) is 0 Å². The molecule has 2 rings (SSSR count). The van der Waals surface area contributed by atoms with E-state index in [-0.39, 0.29) is 5.97 Å². The summed E-state index contributed by atoms with van der Waals surface area (Å²) in [4.78, 5) is 16.8. The summed E-state index contributed by atoms with van der Waals surface area (Å²) in [5.74, 6) is -0.314. The van der Waals surface area contributed by atoms with Crippen molar-refractivity contribution in [3.63, 3.8) is 0 Å². The van der Waals surface area contributed by atoms with E-state index >= 15 is 0 Å². The second-order valence-corrected chi connectivity index (χ2v) is 4.13. The summed E-state index contributed by atoms with van der Waals surface area (Å²) in [6.45, 7) is 2.61. The normalized spacial score (nSPS) is 10.1. The zero-order valence-electron chi connectivity index (χ0n) is 10.3. The first-order valence-corrected chi connectivity index (χ1v) is 5.89. The number of benzene rings is 2. The van der Waals surface area contributed by atoms with Crippen LogP contribution in [0.2, 0.25) is 0 Å². The molecule has 0 heterocycles. The summed E-state index contributed by atoms with van der Waals surface area (Å²) in [6.07, 6.45) is 0. The van der Waals surface area contributed by atoms with Crippen LogP contribution in [0.15, 0.2) is 54.6 Å². The van der Waals surface area contributed by atoms with E-state index in [0.717, 1.165) is 11.1 Å². The van der Waals surface area contributed by atoms with Crippen molar-refractivity contribution in [1.82, 2.24) is 0 Å². The highest BCUT2D eigenvalue weighted by Gasteiger charge is 2.23. The van der Waals surface area contributed by atoms with Crippen molar-refractivity contribution in [2.24, 2.45) is 0 Å². The fourth-order valence-electron chi connectivity index (χ4n) is 1.59. The molecule has 0 saturated heterocycles. The van der Waals surface area contributed by atoms with E-state index in [1.54, 1.807) is 12.1 Å². The van der Waals surface area contributed by atoms with Gasteiger partial charge in [-0.25, -0.2) is 0 Å². The van der Waals surface area contributed by atoms with Crippen LogP contribution in [-0.2, 0) is 11.4 Å². The smallest absolute Gasteiger partial charge is 0.0835 e. The Labute approximate surface area is 106 Å². The van der Waals surface area contributed by atoms with Gasteiger partial charge in [-0.2, -0.15) is 0 Å². The van der Waals surface area contributed by atoms with Crippen LogP contribution in [0.4, 0.5) is 0 Å². The Morgan fingerprint density at radius 1 is 1.06 bits per heavy atom. The molecule has 0 aromatic heterocycles. The maximum atomic E-state index is 11.7. The third-order valence-corrected chi connectivity index (χ3v) is 2.64. The lowest BCUT2D eigenvalue weighted by Gasteiger charge is -1.94. The predicted octanol–water partition coefficient (Wildman–Crippen LogP) is 1.83. The van der Waals surface area contributed by atoms with Gasteiger partial charge in [-0.05, 0) is 19.1 Å². The van der Waals surface area contributed by atoms with E-state index in [4.69, 9.17) is 4.84 Å². The Morgan fingerprint density at radius 2 is 1.72 bits per heavy atom. The number of rotatable bonds is 4. The molecule has 91 valence electrons. The van der Waals surface area contributed by atoms with Gasteiger partial charge in [-0.1, -0.05) is 58.3 Å². The lowest BCUT2D eigenvalue weighted by Crippen LogP contribution is -2.82. The maximum absolute atomic E-state index is 11.7. The molecule has 0 bridgehead atoms. The molecule has 2 aromatic rings. The predicted molar refractivity (Wildman–Crippen MR) is 68.7 cm³/mol. The Kier molecular flexibility index (Phi) is 4.10. The third kappa shape index (κ3) is 3.43. The Balaban J connectivity index is 1.84.